The molecule has 0 radical (unpaired) electrons. The summed E-state index contributed by atoms with van der Waals surface area (Å²) in [5.41, 5.74) is 3.98. The highest BCUT2D eigenvalue weighted by Gasteiger charge is 2.14. The molecule has 5 heteroatoms. The van der Waals surface area contributed by atoms with Crippen LogP contribution in [0.2, 0.25) is 0 Å². The van der Waals surface area contributed by atoms with Crippen molar-refractivity contribution in [1.82, 2.24) is 20.1 Å². The van der Waals surface area contributed by atoms with Crippen LogP contribution in [-0.4, -0.2) is 27.6 Å². The Kier molecular flexibility index (Phi) is 4.83. The van der Waals surface area contributed by atoms with Gasteiger partial charge in [-0.1, -0.05) is 35.5 Å². The lowest BCUT2D eigenvalue weighted by atomic mass is 10.0. The maximum atomic E-state index is 4.20. The van der Waals surface area contributed by atoms with Crippen molar-refractivity contribution in [3.05, 3.63) is 40.7 Å². The molecule has 0 aliphatic heterocycles. The monoisotopic (exact) mass is 290 g/mol. The Hall–Kier alpha value is -1.33. The summed E-state index contributed by atoms with van der Waals surface area (Å²) in [7, 11) is 4.01. The van der Waals surface area contributed by atoms with Crippen LogP contribution in [-0.2, 0) is 7.05 Å². The van der Waals surface area contributed by atoms with Gasteiger partial charge in [-0.05, 0) is 38.9 Å². The number of hydrogen-bond acceptors (Lipinski definition) is 4. The molecule has 0 fully saturated rings. The zero-order chi connectivity index (χ0) is 14.7. The summed E-state index contributed by atoms with van der Waals surface area (Å²) in [5.74, 6) is 1.88. The number of nitrogens with zero attached hydrogens (tertiary/aromatic N) is 3. The Morgan fingerprint density at radius 2 is 2.00 bits per heavy atom. The van der Waals surface area contributed by atoms with Crippen molar-refractivity contribution in [1.29, 1.82) is 0 Å². The summed E-state index contributed by atoms with van der Waals surface area (Å²) >= 11 is 1.74. The van der Waals surface area contributed by atoms with Gasteiger partial charge in [-0.2, -0.15) is 0 Å². The molecule has 0 spiro atoms. The molecule has 1 atom stereocenters. The van der Waals surface area contributed by atoms with E-state index in [2.05, 4.69) is 47.6 Å². The lowest BCUT2D eigenvalue weighted by molar-refractivity contribution is 0.654. The van der Waals surface area contributed by atoms with Crippen LogP contribution < -0.4 is 5.32 Å². The fourth-order valence-corrected chi connectivity index (χ4v) is 3.22. The Morgan fingerprint density at radius 1 is 1.25 bits per heavy atom. The van der Waals surface area contributed by atoms with Crippen LogP contribution in [0.5, 0.6) is 0 Å². The van der Waals surface area contributed by atoms with Crippen molar-refractivity contribution in [2.24, 2.45) is 7.05 Å². The first-order valence-electron chi connectivity index (χ1n) is 6.76. The zero-order valence-electron chi connectivity index (χ0n) is 12.8. The van der Waals surface area contributed by atoms with Crippen LogP contribution in [0.4, 0.5) is 0 Å². The number of rotatable bonds is 5. The second-order valence-electron chi connectivity index (χ2n) is 5.10. The number of thioether (sulfide) groups is 1. The van der Waals surface area contributed by atoms with Crippen LogP contribution >= 0.6 is 11.8 Å². The summed E-state index contributed by atoms with van der Waals surface area (Å²) in [6.45, 7) is 6.27. The van der Waals surface area contributed by atoms with E-state index >= 15 is 0 Å². The number of nitrogens with one attached hydrogen (secondary N) is 1. The average Bonchev–Trinajstić information content (AvgIpc) is 2.75. The highest BCUT2D eigenvalue weighted by Crippen LogP contribution is 2.26. The minimum absolute atomic E-state index is 0.317. The molecular weight excluding hydrogens is 268 g/mol. The van der Waals surface area contributed by atoms with Gasteiger partial charge in [-0.25, -0.2) is 0 Å². The first-order chi connectivity index (χ1) is 9.52. The normalized spacial score (nSPS) is 12.7. The van der Waals surface area contributed by atoms with Crippen molar-refractivity contribution in [3.63, 3.8) is 0 Å². The van der Waals surface area contributed by atoms with E-state index < -0.39 is 0 Å². The molecule has 1 aromatic carbocycles. The van der Waals surface area contributed by atoms with Crippen molar-refractivity contribution in [2.75, 3.05) is 12.8 Å². The predicted molar refractivity (Wildman–Crippen MR) is 84.2 cm³/mol. The first kappa shape index (κ1) is 15.1. The smallest absolute Gasteiger partial charge is 0.191 e. The molecule has 20 heavy (non-hydrogen) atoms. The molecule has 1 N–H and O–H groups in total. The minimum Gasteiger partial charge on any atom is -0.312 e. The van der Waals surface area contributed by atoms with E-state index in [0.717, 1.165) is 16.7 Å². The Labute approximate surface area is 125 Å². The van der Waals surface area contributed by atoms with Gasteiger partial charge in [0.25, 0.3) is 0 Å². The molecule has 108 valence electrons. The van der Waals surface area contributed by atoms with Gasteiger partial charge >= 0.3 is 0 Å². The molecule has 2 aromatic rings. The fourth-order valence-electron chi connectivity index (χ4n) is 2.14. The first-order valence-corrected chi connectivity index (χ1v) is 7.74. The summed E-state index contributed by atoms with van der Waals surface area (Å²) in [6, 6.07) is 6.92. The van der Waals surface area contributed by atoms with E-state index in [1.165, 1.54) is 16.7 Å². The van der Waals surface area contributed by atoms with E-state index in [4.69, 9.17) is 0 Å². The Morgan fingerprint density at radius 3 is 2.60 bits per heavy atom. The van der Waals surface area contributed by atoms with Crippen molar-refractivity contribution < 1.29 is 0 Å². The number of benzene rings is 1. The second kappa shape index (κ2) is 6.41. The van der Waals surface area contributed by atoms with Gasteiger partial charge in [0, 0.05) is 18.8 Å². The van der Waals surface area contributed by atoms with Gasteiger partial charge in [0.15, 0.2) is 5.16 Å². The summed E-state index contributed by atoms with van der Waals surface area (Å²) < 4.78 is 2.03. The molecule has 4 nitrogen and oxygen atoms in total. The number of hydrogen-bond donors (Lipinski definition) is 1. The van der Waals surface area contributed by atoms with Gasteiger partial charge in [0.1, 0.15) is 5.82 Å². The van der Waals surface area contributed by atoms with Crippen LogP contribution in [0.25, 0.3) is 0 Å². The largest absolute Gasteiger partial charge is 0.312 e. The van der Waals surface area contributed by atoms with Gasteiger partial charge < -0.3 is 9.88 Å². The lowest BCUT2D eigenvalue weighted by Gasteiger charge is -2.19. The molecule has 0 saturated carbocycles. The topological polar surface area (TPSA) is 42.7 Å². The van der Waals surface area contributed by atoms with E-state index in [1.54, 1.807) is 11.8 Å². The zero-order valence-corrected chi connectivity index (χ0v) is 13.6. The van der Waals surface area contributed by atoms with E-state index in [-0.39, 0.29) is 0 Å². The summed E-state index contributed by atoms with van der Waals surface area (Å²) in [6.07, 6.45) is 0. The third kappa shape index (κ3) is 3.22. The fraction of sp³-hybridized carbons (Fsp3) is 0.467. The quantitative estimate of drug-likeness (QED) is 0.860. The summed E-state index contributed by atoms with van der Waals surface area (Å²) in [4.78, 5) is 0. The molecule has 0 saturated heterocycles. The van der Waals surface area contributed by atoms with E-state index in [0.29, 0.717) is 6.04 Å². The molecule has 0 aliphatic carbocycles. The maximum absolute atomic E-state index is 4.20. The third-order valence-corrected chi connectivity index (χ3v) is 4.70. The third-order valence-electron chi connectivity index (χ3n) is 3.59. The minimum atomic E-state index is 0.317. The predicted octanol–water partition coefficient (Wildman–Crippen LogP) is 2.79. The molecule has 1 heterocycles. The maximum Gasteiger partial charge on any atom is 0.191 e. The Bertz CT molecular complexity index is 592. The molecule has 1 unspecified atom stereocenters. The molecule has 0 amide bonds. The van der Waals surface area contributed by atoms with E-state index in [1.807, 2.05) is 25.6 Å². The van der Waals surface area contributed by atoms with Gasteiger partial charge in [0.05, 0.1) is 0 Å². The standard InChI is InChI=1S/C15H22N4S/c1-10-6-7-11(2)13(8-10)14(16-4)9-20-15-18-17-12(3)19(15)5/h6-8,14,16H,9H2,1-5H3. The summed E-state index contributed by atoms with van der Waals surface area (Å²) in [5, 5.41) is 12.7. The van der Waals surface area contributed by atoms with Gasteiger partial charge in [-0.3, -0.25) is 0 Å². The number of aromatic nitrogens is 3. The van der Waals surface area contributed by atoms with Crippen LogP contribution in [0.3, 0.4) is 0 Å². The SMILES string of the molecule is CNC(CSc1nnc(C)n1C)c1cc(C)ccc1C. The van der Waals surface area contributed by atoms with E-state index in [9.17, 15) is 0 Å². The van der Waals surface area contributed by atoms with Gasteiger partial charge in [-0.15, -0.1) is 10.2 Å². The molecule has 0 bridgehead atoms. The second-order valence-corrected chi connectivity index (χ2v) is 6.09. The molecule has 2 rings (SSSR count). The molecular formula is C15H22N4S. The van der Waals surface area contributed by atoms with Crippen molar-refractivity contribution in [2.45, 2.75) is 32.0 Å². The Balaban J connectivity index is 2.13. The van der Waals surface area contributed by atoms with Crippen LogP contribution in [0.1, 0.15) is 28.6 Å². The lowest BCUT2D eigenvalue weighted by Crippen LogP contribution is -2.20. The van der Waals surface area contributed by atoms with Crippen LogP contribution in [0, 0.1) is 20.8 Å². The van der Waals surface area contributed by atoms with Crippen LogP contribution in [0.15, 0.2) is 23.4 Å². The molecule has 1 aromatic heterocycles. The highest BCUT2D eigenvalue weighted by atomic mass is 32.2. The van der Waals surface area contributed by atoms with Gasteiger partial charge in [0.2, 0.25) is 0 Å². The average molecular weight is 290 g/mol. The number of aryl methyl sites for hydroxylation is 3. The van der Waals surface area contributed by atoms with Crippen molar-refractivity contribution in [3.8, 4) is 0 Å². The highest BCUT2D eigenvalue weighted by molar-refractivity contribution is 7.99. The van der Waals surface area contributed by atoms with Crippen molar-refractivity contribution >= 4 is 11.8 Å². The molecule has 0 aliphatic rings.